The number of piperidine rings is 2. The molecule has 2 N–H and O–H groups in total. The van der Waals surface area contributed by atoms with E-state index in [-0.39, 0.29) is 30.7 Å². The Bertz CT molecular complexity index is 581. The van der Waals surface area contributed by atoms with Crippen molar-refractivity contribution in [2.75, 3.05) is 44.8 Å². The highest BCUT2D eigenvalue weighted by atomic mass is 35.5. The number of hydrogen-bond acceptors (Lipinski definition) is 5. The summed E-state index contributed by atoms with van der Waals surface area (Å²) in [6, 6.07) is 4.15. The fourth-order valence-electron chi connectivity index (χ4n) is 3.93. The first-order valence-electron chi connectivity index (χ1n) is 9.81. The average Bonchev–Trinajstić information content (AvgIpc) is 2.68. The lowest BCUT2D eigenvalue weighted by atomic mass is 9.78. The van der Waals surface area contributed by atoms with Gasteiger partial charge in [0.2, 0.25) is 5.91 Å². The molecule has 28 heavy (non-hydrogen) atoms. The minimum absolute atomic E-state index is 0. The third kappa shape index (κ3) is 6.21. The van der Waals surface area contributed by atoms with E-state index in [4.69, 9.17) is 4.74 Å². The van der Waals surface area contributed by atoms with E-state index in [1.807, 2.05) is 6.20 Å². The topological polar surface area (TPSA) is 66.5 Å². The molecule has 1 amide bonds. The number of nitrogens with one attached hydrogen (secondary N) is 2. The lowest BCUT2D eigenvalue weighted by molar-refractivity contribution is -0.136. The number of amides is 1. The fourth-order valence-corrected chi connectivity index (χ4v) is 3.93. The molecule has 8 heteroatoms. The highest BCUT2D eigenvalue weighted by Crippen LogP contribution is 2.29. The molecular formula is C20H34Cl2N4O2. The average molecular weight is 433 g/mol. The van der Waals surface area contributed by atoms with Gasteiger partial charge in [0.25, 0.3) is 0 Å². The second-order valence-electron chi connectivity index (χ2n) is 7.84. The summed E-state index contributed by atoms with van der Waals surface area (Å²) in [6.07, 6.45) is 5.99. The zero-order valence-electron chi connectivity index (χ0n) is 16.9. The number of carbonyl (C=O) groups excluding carboxylic acids is 1. The minimum atomic E-state index is -0.405. The number of ether oxygens (including phenoxy) is 1. The first kappa shape index (κ1) is 25.0. The smallest absolute Gasteiger partial charge is 0.228 e. The van der Waals surface area contributed by atoms with Crippen molar-refractivity contribution in [2.45, 2.75) is 39.2 Å². The number of halogens is 2. The standard InChI is InChI=1S/C20H32N4O2.2ClH/c1-16-5-11-24(12-6-16)18-4-3-17(13-22-18)14-23-19(25)20(15-26-2)7-9-21-10-8-20;;/h3-4,13,16,21H,5-12,14-15H2,1-2H3,(H,23,25);2*1H. The van der Waals surface area contributed by atoms with Crippen LogP contribution in [0.5, 0.6) is 0 Å². The summed E-state index contributed by atoms with van der Waals surface area (Å²) in [5.41, 5.74) is 0.631. The molecule has 6 nitrogen and oxygen atoms in total. The summed E-state index contributed by atoms with van der Waals surface area (Å²) in [6.45, 7) is 7.20. The zero-order valence-corrected chi connectivity index (χ0v) is 18.5. The van der Waals surface area contributed by atoms with Crippen molar-refractivity contribution in [2.24, 2.45) is 11.3 Å². The SMILES string of the molecule is COCC1(C(=O)NCc2ccc(N3CCC(C)CC3)nc2)CCNCC1.Cl.Cl. The summed E-state index contributed by atoms with van der Waals surface area (Å²) >= 11 is 0. The highest BCUT2D eigenvalue weighted by Gasteiger charge is 2.39. The predicted molar refractivity (Wildman–Crippen MR) is 118 cm³/mol. The van der Waals surface area contributed by atoms with Crippen molar-refractivity contribution < 1.29 is 9.53 Å². The van der Waals surface area contributed by atoms with Gasteiger partial charge in [-0.3, -0.25) is 4.79 Å². The molecule has 3 rings (SSSR count). The molecule has 0 unspecified atom stereocenters. The highest BCUT2D eigenvalue weighted by molar-refractivity contribution is 5.85. The quantitative estimate of drug-likeness (QED) is 0.723. The normalized spacial score (nSPS) is 19.3. The van der Waals surface area contributed by atoms with Gasteiger partial charge < -0.3 is 20.3 Å². The van der Waals surface area contributed by atoms with Crippen LogP contribution in [0.4, 0.5) is 5.82 Å². The number of aromatic nitrogens is 1. The largest absolute Gasteiger partial charge is 0.384 e. The molecule has 2 aliphatic rings. The van der Waals surface area contributed by atoms with Gasteiger partial charge in [0.05, 0.1) is 12.0 Å². The summed E-state index contributed by atoms with van der Waals surface area (Å²) in [7, 11) is 1.67. The minimum Gasteiger partial charge on any atom is -0.384 e. The molecule has 0 atom stereocenters. The van der Waals surface area contributed by atoms with Crippen molar-refractivity contribution in [1.82, 2.24) is 15.6 Å². The lowest BCUT2D eigenvalue weighted by Gasteiger charge is -2.35. The van der Waals surface area contributed by atoms with Crippen LogP contribution in [0.15, 0.2) is 18.3 Å². The van der Waals surface area contributed by atoms with Gasteiger partial charge in [0.15, 0.2) is 0 Å². The monoisotopic (exact) mass is 432 g/mol. The Morgan fingerprint density at radius 3 is 2.54 bits per heavy atom. The van der Waals surface area contributed by atoms with Crippen LogP contribution in [0, 0.1) is 11.3 Å². The van der Waals surface area contributed by atoms with Crippen LogP contribution in [0.1, 0.15) is 38.2 Å². The molecule has 1 aromatic heterocycles. The van der Waals surface area contributed by atoms with Crippen LogP contribution in [0.2, 0.25) is 0 Å². The van der Waals surface area contributed by atoms with Crippen LogP contribution >= 0.6 is 24.8 Å². The molecule has 0 aliphatic carbocycles. The van der Waals surface area contributed by atoms with Crippen molar-refractivity contribution >= 4 is 36.5 Å². The van der Waals surface area contributed by atoms with Gasteiger partial charge in [0, 0.05) is 32.9 Å². The van der Waals surface area contributed by atoms with Gasteiger partial charge in [-0.25, -0.2) is 4.98 Å². The second-order valence-corrected chi connectivity index (χ2v) is 7.84. The van der Waals surface area contributed by atoms with Gasteiger partial charge >= 0.3 is 0 Å². The first-order chi connectivity index (χ1) is 12.6. The fraction of sp³-hybridized carbons (Fsp3) is 0.700. The van der Waals surface area contributed by atoms with Crippen LogP contribution in [-0.4, -0.2) is 50.8 Å². The Hall–Kier alpha value is -1.08. The van der Waals surface area contributed by atoms with Gasteiger partial charge in [-0.1, -0.05) is 13.0 Å². The third-order valence-corrected chi connectivity index (χ3v) is 5.83. The molecule has 2 saturated heterocycles. The van der Waals surface area contributed by atoms with Gasteiger partial charge in [-0.15, -0.1) is 24.8 Å². The first-order valence-corrected chi connectivity index (χ1v) is 9.81. The molecule has 0 bridgehead atoms. The number of pyridine rings is 1. The Morgan fingerprint density at radius 2 is 1.96 bits per heavy atom. The number of anilines is 1. The number of methoxy groups -OCH3 is 1. The van der Waals surface area contributed by atoms with E-state index in [1.54, 1.807) is 7.11 Å². The Balaban J connectivity index is 0.00000196. The van der Waals surface area contributed by atoms with Gasteiger partial charge in [-0.2, -0.15) is 0 Å². The van der Waals surface area contributed by atoms with E-state index in [0.717, 1.165) is 56.3 Å². The van der Waals surface area contributed by atoms with Gasteiger partial charge in [0.1, 0.15) is 5.82 Å². The molecule has 0 radical (unpaired) electrons. The van der Waals surface area contributed by atoms with Crippen molar-refractivity contribution in [3.05, 3.63) is 23.9 Å². The maximum absolute atomic E-state index is 12.8. The van der Waals surface area contributed by atoms with Crippen LogP contribution in [0.25, 0.3) is 0 Å². The lowest BCUT2D eigenvalue weighted by Crippen LogP contribution is -2.49. The summed E-state index contributed by atoms with van der Waals surface area (Å²) in [4.78, 5) is 19.7. The van der Waals surface area contributed by atoms with Crippen molar-refractivity contribution in [3.63, 3.8) is 0 Å². The molecule has 3 heterocycles. The maximum atomic E-state index is 12.8. The number of rotatable bonds is 6. The Kier molecular flexibility index (Phi) is 10.5. The molecule has 160 valence electrons. The number of hydrogen-bond donors (Lipinski definition) is 2. The third-order valence-electron chi connectivity index (χ3n) is 5.83. The van der Waals surface area contributed by atoms with E-state index in [2.05, 4.69) is 39.6 Å². The Labute approximate surface area is 181 Å². The molecular weight excluding hydrogens is 399 g/mol. The van der Waals surface area contributed by atoms with Gasteiger partial charge in [-0.05, 0) is 56.3 Å². The van der Waals surface area contributed by atoms with E-state index in [9.17, 15) is 4.79 Å². The van der Waals surface area contributed by atoms with E-state index in [0.29, 0.717) is 13.2 Å². The van der Waals surface area contributed by atoms with Crippen LogP contribution < -0.4 is 15.5 Å². The van der Waals surface area contributed by atoms with Crippen LogP contribution in [0.3, 0.4) is 0 Å². The molecule has 0 aromatic carbocycles. The zero-order chi connectivity index (χ0) is 18.4. The Morgan fingerprint density at radius 1 is 1.29 bits per heavy atom. The van der Waals surface area contributed by atoms with E-state index >= 15 is 0 Å². The maximum Gasteiger partial charge on any atom is 0.228 e. The molecule has 0 spiro atoms. The molecule has 1 aromatic rings. The molecule has 2 aliphatic heterocycles. The summed E-state index contributed by atoms with van der Waals surface area (Å²) in [5, 5.41) is 6.42. The van der Waals surface area contributed by atoms with Crippen molar-refractivity contribution in [3.8, 4) is 0 Å². The summed E-state index contributed by atoms with van der Waals surface area (Å²) in [5.74, 6) is 1.95. The van der Waals surface area contributed by atoms with Crippen molar-refractivity contribution in [1.29, 1.82) is 0 Å². The van der Waals surface area contributed by atoms with E-state index < -0.39 is 5.41 Å². The number of nitrogens with zero attached hydrogens (tertiary/aromatic N) is 2. The number of carbonyl (C=O) groups is 1. The predicted octanol–water partition coefficient (Wildman–Crippen LogP) is 2.79. The van der Waals surface area contributed by atoms with Crippen LogP contribution in [-0.2, 0) is 16.1 Å². The molecule has 2 fully saturated rings. The summed E-state index contributed by atoms with van der Waals surface area (Å²) < 4.78 is 5.34. The molecule has 0 saturated carbocycles. The van der Waals surface area contributed by atoms with E-state index in [1.165, 1.54) is 12.8 Å². The second kappa shape index (κ2) is 11.8.